The molecule has 7 heteroatoms. The van der Waals surface area contributed by atoms with Gasteiger partial charge in [-0.2, -0.15) is 5.10 Å². The van der Waals surface area contributed by atoms with Crippen molar-refractivity contribution in [3.63, 3.8) is 0 Å². The van der Waals surface area contributed by atoms with Gasteiger partial charge in [-0.05, 0) is 49.4 Å². The van der Waals surface area contributed by atoms with Crippen LogP contribution in [0.25, 0.3) is 11.4 Å². The van der Waals surface area contributed by atoms with Crippen molar-refractivity contribution in [2.24, 2.45) is 0 Å². The topological polar surface area (TPSA) is 69.3 Å². The average Bonchev–Trinajstić information content (AvgIpc) is 3.10. The fourth-order valence-corrected chi connectivity index (χ4v) is 2.26. The summed E-state index contributed by atoms with van der Waals surface area (Å²) >= 11 is 0. The number of hydrogen-bond donors (Lipinski definition) is 1. The molecule has 0 bridgehead atoms. The van der Waals surface area contributed by atoms with E-state index < -0.39 is 0 Å². The lowest BCUT2D eigenvalue weighted by atomic mass is 10.2. The van der Waals surface area contributed by atoms with Gasteiger partial charge in [0.15, 0.2) is 23.1 Å². The van der Waals surface area contributed by atoms with Gasteiger partial charge in [-0.15, -0.1) is 0 Å². The first-order valence-corrected chi connectivity index (χ1v) is 7.80. The lowest BCUT2D eigenvalue weighted by Crippen LogP contribution is -1.98. The molecule has 25 heavy (non-hydrogen) atoms. The normalized spacial score (nSPS) is 10.5. The fourth-order valence-electron chi connectivity index (χ4n) is 2.26. The number of benzene rings is 2. The first kappa shape index (κ1) is 16.8. The maximum absolute atomic E-state index is 12.9. The molecule has 1 heterocycles. The first-order chi connectivity index (χ1) is 12.2. The van der Waals surface area contributed by atoms with E-state index in [1.165, 1.54) is 12.1 Å². The van der Waals surface area contributed by atoms with Gasteiger partial charge in [0.05, 0.1) is 13.7 Å². The minimum atomic E-state index is -0.307. The van der Waals surface area contributed by atoms with Crippen LogP contribution in [0.3, 0.4) is 0 Å². The van der Waals surface area contributed by atoms with Crippen molar-refractivity contribution in [1.29, 1.82) is 0 Å². The van der Waals surface area contributed by atoms with E-state index in [-0.39, 0.29) is 12.4 Å². The van der Waals surface area contributed by atoms with Gasteiger partial charge in [-0.25, -0.2) is 9.37 Å². The van der Waals surface area contributed by atoms with Gasteiger partial charge in [-0.3, -0.25) is 5.10 Å². The van der Waals surface area contributed by atoms with Crippen LogP contribution in [0.1, 0.15) is 12.7 Å². The zero-order chi connectivity index (χ0) is 17.6. The highest BCUT2D eigenvalue weighted by molar-refractivity contribution is 5.60. The number of H-pyrrole nitrogens is 1. The Bertz CT molecular complexity index is 834. The van der Waals surface area contributed by atoms with E-state index in [1.807, 2.05) is 25.1 Å². The van der Waals surface area contributed by atoms with Gasteiger partial charge < -0.3 is 14.2 Å². The minimum Gasteiger partial charge on any atom is -0.493 e. The molecule has 0 aliphatic heterocycles. The number of nitrogens with one attached hydrogen (secondary N) is 1. The summed E-state index contributed by atoms with van der Waals surface area (Å²) in [5.41, 5.74) is 0.800. The number of nitrogens with zero attached hydrogens (tertiary/aromatic N) is 2. The smallest absolute Gasteiger partial charge is 0.181 e. The van der Waals surface area contributed by atoms with Crippen LogP contribution in [0.5, 0.6) is 17.2 Å². The van der Waals surface area contributed by atoms with Gasteiger partial charge >= 0.3 is 0 Å². The summed E-state index contributed by atoms with van der Waals surface area (Å²) in [6.07, 6.45) is 0. The van der Waals surface area contributed by atoms with Crippen molar-refractivity contribution >= 4 is 0 Å². The highest BCUT2D eigenvalue weighted by atomic mass is 19.1. The molecule has 0 unspecified atom stereocenters. The van der Waals surface area contributed by atoms with Crippen LogP contribution in [0, 0.1) is 5.82 Å². The number of aromatic nitrogens is 3. The first-order valence-electron chi connectivity index (χ1n) is 7.80. The maximum Gasteiger partial charge on any atom is 0.181 e. The summed E-state index contributed by atoms with van der Waals surface area (Å²) in [5, 5.41) is 7.03. The summed E-state index contributed by atoms with van der Waals surface area (Å²) in [4.78, 5) is 4.41. The quantitative estimate of drug-likeness (QED) is 0.710. The Hall–Kier alpha value is -3.09. The van der Waals surface area contributed by atoms with Crippen LogP contribution >= 0.6 is 0 Å². The lowest BCUT2D eigenvalue weighted by Gasteiger charge is -2.09. The van der Waals surface area contributed by atoms with E-state index in [0.717, 1.165) is 5.56 Å². The molecule has 130 valence electrons. The zero-order valence-electron chi connectivity index (χ0n) is 14.0. The molecule has 0 saturated heterocycles. The highest BCUT2D eigenvalue weighted by Gasteiger charge is 2.11. The lowest BCUT2D eigenvalue weighted by molar-refractivity contribution is 0.296. The van der Waals surface area contributed by atoms with Crippen LogP contribution in [-0.4, -0.2) is 28.9 Å². The third-order valence-corrected chi connectivity index (χ3v) is 3.44. The fraction of sp³-hybridized carbons (Fsp3) is 0.222. The number of aromatic amines is 1. The molecule has 3 rings (SSSR count). The Morgan fingerprint density at radius 1 is 1.04 bits per heavy atom. The monoisotopic (exact) mass is 343 g/mol. The highest BCUT2D eigenvalue weighted by Crippen LogP contribution is 2.31. The maximum atomic E-state index is 12.9. The number of hydrogen-bond acceptors (Lipinski definition) is 5. The second kappa shape index (κ2) is 7.65. The van der Waals surface area contributed by atoms with Crippen LogP contribution in [0.15, 0.2) is 42.5 Å². The number of rotatable bonds is 7. The van der Waals surface area contributed by atoms with E-state index in [9.17, 15) is 4.39 Å². The van der Waals surface area contributed by atoms with E-state index in [0.29, 0.717) is 35.5 Å². The Morgan fingerprint density at radius 2 is 1.84 bits per heavy atom. The van der Waals surface area contributed by atoms with Crippen LogP contribution in [-0.2, 0) is 6.61 Å². The van der Waals surface area contributed by atoms with E-state index in [2.05, 4.69) is 15.2 Å². The summed E-state index contributed by atoms with van der Waals surface area (Å²) < 4.78 is 29.3. The van der Waals surface area contributed by atoms with Crippen LogP contribution in [0.2, 0.25) is 0 Å². The van der Waals surface area contributed by atoms with Crippen LogP contribution in [0.4, 0.5) is 4.39 Å². The second-order valence-corrected chi connectivity index (χ2v) is 5.15. The predicted octanol–water partition coefficient (Wildman–Crippen LogP) is 3.60. The molecule has 0 amide bonds. The van der Waals surface area contributed by atoms with Crippen molar-refractivity contribution in [2.45, 2.75) is 13.5 Å². The molecule has 6 nitrogen and oxygen atoms in total. The molecule has 0 saturated carbocycles. The van der Waals surface area contributed by atoms with Crippen molar-refractivity contribution in [3.8, 4) is 28.6 Å². The second-order valence-electron chi connectivity index (χ2n) is 5.15. The zero-order valence-corrected chi connectivity index (χ0v) is 14.0. The molecule has 0 radical (unpaired) electrons. The van der Waals surface area contributed by atoms with E-state index in [4.69, 9.17) is 14.2 Å². The molecule has 1 aromatic heterocycles. The Kier molecular flexibility index (Phi) is 5.13. The molecule has 0 aliphatic rings. The molecule has 3 aromatic rings. The molecule has 0 spiro atoms. The summed E-state index contributed by atoms with van der Waals surface area (Å²) in [6.45, 7) is 2.64. The number of methoxy groups -OCH3 is 1. The molecule has 1 N–H and O–H groups in total. The minimum absolute atomic E-state index is 0.201. The molecule has 0 aliphatic carbocycles. The van der Waals surface area contributed by atoms with Crippen molar-refractivity contribution in [3.05, 3.63) is 54.1 Å². The van der Waals surface area contributed by atoms with Crippen LogP contribution < -0.4 is 14.2 Å². The van der Waals surface area contributed by atoms with Crippen molar-refractivity contribution < 1.29 is 18.6 Å². The number of ether oxygens (including phenoxy) is 3. The molecular formula is C18H18FN3O3. The third kappa shape index (κ3) is 4.06. The van der Waals surface area contributed by atoms with Gasteiger partial charge in [0.1, 0.15) is 18.2 Å². The van der Waals surface area contributed by atoms with Gasteiger partial charge in [-0.1, -0.05) is 0 Å². The third-order valence-electron chi connectivity index (χ3n) is 3.44. The molecule has 0 atom stereocenters. The molecule has 0 fully saturated rings. The molecular weight excluding hydrogens is 325 g/mol. The van der Waals surface area contributed by atoms with E-state index >= 15 is 0 Å². The van der Waals surface area contributed by atoms with Gasteiger partial charge in [0, 0.05) is 5.56 Å². The van der Waals surface area contributed by atoms with Crippen molar-refractivity contribution in [1.82, 2.24) is 15.2 Å². The molecule has 2 aromatic carbocycles. The summed E-state index contributed by atoms with van der Waals surface area (Å²) in [7, 11) is 1.59. The predicted molar refractivity (Wildman–Crippen MR) is 90.3 cm³/mol. The van der Waals surface area contributed by atoms with Crippen molar-refractivity contribution in [2.75, 3.05) is 13.7 Å². The van der Waals surface area contributed by atoms with Gasteiger partial charge in [0.25, 0.3) is 0 Å². The SMILES string of the molecule is CCOc1cc(-c2n[nH]c(COc3ccc(F)cc3)n2)ccc1OC. The Labute approximate surface area is 144 Å². The Balaban J connectivity index is 1.72. The average molecular weight is 343 g/mol. The van der Waals surface area contributed by atoms with E-state index in [1.54, 1.807) is 19.2 Å². The summed E-state index contributed by atoms with van der Waals surface area (Å²) in [5.74, 6) is 2.63. The number of halogens is 1. The largest absolute Gasteiger partial charge is 0.493 e. The Morgan fingerprint density at radius 3 is 2.56 bits per heavy atom. The standard InChI is InChI=1S/C18H18FN3O3/c1-3-24-16-10-12(4-9-15(16)23-2)18-20-17(21-22-18)11-25-14-7-5-13(19)6-8-14/h4-10H,3,11H2,1-2H3,(H,20,21,22). The summed E-state index contributed by atoms with van der Waals surface area (Å²) in [6, 6.07) is 11.3. The van der Waals surface area contributed by atoms with Gasteiger partial charge in [0.2, 0.25) is 0 Å².